The van der Waals surface area contributed by atoms with Crippen LogP contribution in [0.15, 0.2) is 4.99 Å². The number of unbranched alkanes of at least 4 members (excludes halogenated alkanes) is 3. The SMILES string of the molecule is CCCCCCC(C)NC1=NC(C(C)(C)C)CCS1. The van der Waals surface area contributed by atoms with E-state index in [4.69, 9.17) is 4.99 Å². The van der Waals surface area contributed by atoms with Crippen molar-refractivity contribution in [2.24, 2.45) is 10.4 Å². The summed E-state index contributed by atoms with van der Waals surface area (Å²) < 4.78 is 0. The van der Waals surface area contributed by atoms with E-state index in [9.17, 15) is 0 Å². The molecule has 0 aliphatic carbocycles. The summed E-state index contributed by atoms with van der Waals surface area (Å²) in [5.74, 6) is 1.20. The third-order valence-corrected chi connectivity index (χ3v) is 4.70. The quantitative estimate of drug-likeness (QED) is 0.706. The molecule has 0 bridgehead atoms. The van der Waals surface area contributed by atoms with Crippen LogP contribution in [0.5, 0.6) is 0 Å². The van der Waals surface area contributed by atoms with E-state index in [1.165, 1.54) is 49.4 Å². The fourth-order valence-electron chi connectivity index (χ4n) is 2.38. The van der Waals surface area contributed by atoms with Gasteiger partial charge in [0, 0.05) is 11.8 Å². The van der Waals surface area contributed by atoms with E-state index >= 15 is 0 Å². The van der Waals surface area contributed by atoms with E-state index in [-0.39, 0.29) is 5.41 Å². The molecule has 2 unspecified atom stereocenters. The molecule has 0 aromatic carbocycles. The zero-order valence-electron chi connectivity index (χ0n) is 13.5. The molecule has 1 aliphatic rings. The highest BCUT2D eigenvalue weighted by Gasteiger charge is 2.27. The van der Waals surface area contributed by atoms with Crippen molar-refractivity contribution < 1.29 is 0 Å². The van der Waals surface area contributed by atoms with Crippen molar-refractivity contribution in [3.8, 4) is 0 Å². The lowest BCUT2D eigenvalue weighted by molar-refractivity contribution is 0.315. The van der Waals surface area contributed by atoms with E-state index in [1.807, 2.05) is 11.8 Å². The van der Waals surface area contributed by atoms with Crippen LogP contribution in [0.4, 0.5) is 0 Å². The average molecular weight is 285 g/mol. The number of hydrogen-bond donors (Lipinski definition) is 1. The van der Waals surface area contributed by atoms with Gasteiger partial charge in [0.05, 0.1) is 6.04 Å². The van der Waals surface area contributed by atoms with Gasteiger partial charge in [0.25, 0.3) is 0 Å². The molecule has 2 atom stereocenters. The lowest BCUT2D eigenvalue weighted by atomic mass is 9.85. The summed E-state index contributed by atoms with van der Waals surface area (Å²) in [6, 6.07) is 1.03. The van der Waals surface area contributed by atoms with E-state index in [2.05, 4.69) is 39.9 Å². The third-order valence-electron chi connectivity index (χ3n) is 3.76. The maximum Gasteiger partial charge on any atom is 0.157 e. The molecule has 1 aliphatic heterocycles. The van der Waals surface area contributed by atoms with Crippen molar-refractivity contribution in [2.45, 2.75) is 85.2 Å². The summed E-state index contributed by atoms with van der Waals surface area (Å²) in [6.45, 7) is 11.4. The Bertz CT molecular complexity index is 281. The molecule has 0 amide bonds. The lowest BCUT2D eigenvalue weighted by Crippen LogP contribution is -2.37. The fourth-order valence-corrected chi connectivity index (χ4v) is 3.40. The van der Waals surface area contributed by atoms with Crippen LogP contribution in [-0.2, 0) is 0 Å². The van der Waals surface area contributed by atoms with Crippen LogP contribution in [0.1, 0.15) is 73.1 Å². The van der Waals surface area contributed by atoms with Crippen LogP contribution < -0.4 is 5.32 Å². The van der Waals surface area contributed by atoms with Gasteiger partial charge in [-0.3, -0.25) is 4.99 Å². The van der Waals surface area contributed by atoms with Crippen molar-refractivity contribution in [3.63, 3.8) is 0 Å². The number of nitrogens with zero attached hydrogens (tertiary/aromatic N) is 1. The van der Waals surface area contributed by atoms with Crippen LogP contribution in [0.3, 0.4) is 0 Å². The standard InChI is InChI=1S/C16H32N2S/c1-6-7-8-9-10-13(2)17-15-18-14(11-12-19-15)16(3,4)5/h13-14H,6-12H2,1-5H3,(H,17,18). The van der Waals surface area contributed by atoms with Crippen LogP contribution in [-0.4, -0.2) is 23.0 Å². The highest BCUT2D eigenvalue weighted by atomic mass is 32.2. The summed E-state index contributed by atoms with van der Waals surface area (Å²) in [6.07, 6.45) is 7.87. The number of thioether (sulfide) groups is 1. The predicted molar refractivity (Wildman–Crippen MR) is 89.1 cm³/mol. The smallest absolute Gasteiger partial charge is 0.157 e. The predicted octanol–water partition coefficient (Wildman–Crippen LogP) is 4.84. The van der Waals surface area contributed by atoms with Gasteiger partial charge in [-0.05, 0) is 25.2 Å². The summed E-state index contributed by atoms with van der Waals surface area (Å²) >= 11 is 1.89. The second-order valence-corrected chi connectivity index (χ2v) is 7.93. The summed E-state index contributed by atoms with van der Waals surface area (Å²) in [4.78, 5) is 4.91. The van der Waals surface area contributed by atoms with Gasteiger partial charge in [0.15, 0.2) is 5.17 Å². The van der Waals surface area contributed by atoms with Gasteiger partial charge in [-0.2, -0.15) is 0 Å². The number of amidine groups is 1. The zero-order valence-corrected chi connectivity index (χ0v) is 14.3. The minimum atomic E-state index is 0.290. The van der Waals surface area contributed by atoms with E-state index in [1.54, 1.807) is 0 Å². The lowest BCUT2D eigenvalue weighted by Gasteiger charge is -2.31. The molecule has 1 N–H and O–H groups in total. The molecule has 0 spiro atoms. The highest BCUT2D eigenvalue weighted by Crippen LogP contribution is 2.30. The first kappa shape index (κ1) is 16.9. The van der Waals surface area contributed by atoms with Gasteiger partial charge in [0.1, 0.15) is 0 Å². The van der Waals surface area contributed by atoms with Gasteiger partial charge in [-0.25, -0.2) is 0 Å². The Hall–Kier alpha value is -0.180. The molecule has 0 radical (unpaired) electrons. The van der Waals surface area contributed by atoms with Gasteiger partial charge in [-0.15, -0.1) is 0 Å². The van der Waals surface area contributed by atoms with Gasteiger partial charge < -0.3 is 5.32 Å². The molecular formula is C16H32N2S. The Labute approximate surface area is 124 Å². The van der Waals surface area contributed by atoms with Crippen LogP contribution in [0, 0.1) is 5.41 Å². The molecule has 19 heavy (non-hydrogen) atoms. The normalized spacial score (nSPS) is 21.9. The molecule has 3 heteroatoms. The third kappa shape index (κ3) is 6.69. The molecular weight excluding hydrogens is 252 g/mol. The molecule has 0 saturated heterocycles. The summed E-state index contributed by atoms with van der Waals surface area (Å²) in [5, 5.41) is 4.79. The maximum atomic E-state index is 4.91. The number of hydrogen-bond acceptors (Lipinski definition) is 3. The monoisotopic (exact) mass is 284 g/mol. The molecule has 2 nitrogen and oxygen atoms in total. The molecule has 0 aromatic rings. The van der Waals surface area contributed by atoms with E-state index in [0.717, 1.165) is 0 Å². The van der Waals surface area contributed by atoms with Gasteiger partial charge in [-0.1, -0.05) is 65.1 Å². The average Bonchev–Trinajstić information content (AvgIpc) is 2.34. The number of aliphatic imine (C=N–C) groups is 1. The molecule has 0 aromatic heterocycles. The van der Waals surface area contributed by atoms with E-state index in [0.29, 0.717) is 12.1 Å². The Morgan fingerprint density at radius 1 is 1.32 bits per heavy atom. The van der Waals surface area contributed by atoms with Crippen molar-refractivity contribution in [2.75, 3.05) is 5.75 Å². The number of rotatable bonds is 6. The summed E-state index contributed by atoms with van der Waals surface area (Å²) in [5.41, 5.74) is 0.290. The largest absolute Gasteiger partial charge is 0.362 e. The van der Waals surface area contributed by atoms with Crippen molar-refractivity contribution in [1.29, 1.82) is 0 Å². The Morgan fingerprint density at radius 2 is 2.05 bits per heavy atom. The minimum absolute atomic E-state index is 0.290. The second-order valence-electron chi connectivity index (χ2n) is 6.85. The number of nitrogens with one attached hydrogen (secondary N) is 1. The molecule has 1 heterocycles. The van der Waals surface area contributed by atoms with Crippen molar-refractivity contribution >= 4 is 16.9 Å². The van der Waals surface area contributed by atoms with Crippen LogP contribution in [0.25, 0.3) is 0 Å². The van der Waals surface area contributed by atoms with Gasteiger partial charge >= 0.3 is 0 Å². The van der Waals surface area contributed by atoms with Crippen LogP contribution >= 0.6 is 11.8 Å². The first-order valence-electron chi connectivity index (χ1n) is 7.90. The second kappa shape index (κ2) is 8.18. The molecule has 112 valence electrons. The highest BCUT2D eigenvalue weighted by molar-refractivity contribution is 8.13. The topological polar surface area (TPSA) is 24.4 Å². The molecule has 1 rings (SSSR count). The fraction of sp³-hybridized carbons (Fsp3) is 0.938. The molecule has 0 saturated carbocycles. The Morgan fingerprint density at radius 3 is 2.68 bits per heavy atom. The maximum absolute atomic E-state index is 4.91. The first-order chi connectivity index (χ1) is 8.93. The minimum Gasteiger partial charge on any atom is -0.362 e. The zero-order chi connectivity index (χ0) is 14.3. The Balaban J connectivity index is 2.36. The van der Waals surface area contributed by atoms with Gasteiger partial charge in [0.2, 0.25) is 0 Å². The Kier molecular flexibility index (Phi) is 7.27. The summed E-state index contributed by atoms with van der Waals surface area (Å²) in [7, 11) is 0. The van der Waals surface area contributed by atoms with Crippen molar-refractivity contribution in [3.05, 3.63) is 0 Å². The van der Waals surface area contributed by atoms with Crippen molar-refractivity contribution in [1.82, 2.24) is 5.32 Å². The van der Waals surface area contributed by atoms with E-state index < -0.39 is 0 Å². The first-order valence-corrected chi connectivity index (χ1v) is 8.89. The molecule has 0 fully saturated rings. The van der Waals surface area contributed by atoms with Crippen LogP contribution in [0.2, 0.25) is 0 Å².